The van der Waals surface area contributed by atoms with E-state index in [1.54, 1.807) is 0 Å². The minimum absolute atomic E-state index is 0.0455. The normalized spacial score (nSPS) is 21.6. The summed E-state index contributed by atoms with van der Waals surface area (Å²) in [6, 6.07) is 2.58. The van der Waals surface area contributed by atoms with Crippen molar-refractivity contribution < 1.29 is 31.9 Å². The van der Waals surface area contributed by atoms with E-state index in [0.29, 0.717) is 35.3 Å². The molecule has 2 aliphatic rings. The van der Waals surface area contributed by atoms with Crippen LogP contribution in [0.4, 0.5) is 32.6 Å². The maximum atomic E-state index is 14.3. The minimum Gasteiger partial charge on any atom is -0.389 e. The fourth-order valence-corrected chi connectivity index (χ4v) is 6.13. The number of fused-ring (bicyclic) bond motifs is 1. The zero-order chi connectivity index (χ0) is 27.4. The van der Waals surface area contributed by atoms with Gasteiger partial charge >= 0.3 is 6.18 Å². The fraction of sp³-hybridized carbons (Fsp3) is 0.400. The lowest BCUT2D eigenvalue weighted by Crippen LogP contribution is -2.51. The van der Waals surface area contributed by atoms with Crippen molar-refractivity contribution in [2.45, 2.75) is 44.0 Å². The Morgan fingerprint density at radius 3 is 2.61 bits per heavy atom. The monoisotopic (exact) mass is 553 g/mol. The van der Waals surface area contributed by atoms with Crippen molar-refractivity contribution in [2.75, 3.05) is 23.7 Å². The summed E-state index contributed by atoms with van der Waals surface area (Å²) in [7, 11) is 0. The van der Waals surface area contributed by atoms with Gasteiger partial charge in [0, 0.05) is 48.6 Å². The number of aromatic nitrogens is 2. The van der Waals surface area contributed by atoms with Gasteiger partial charge in [-0.25, -0.2) is 13.8 Å². The summed E-state index contributed by atoms with van der Waals surface area (Å²) >= 11 is 0.756. The second kappa shape index (κ2) is 9.86. The third-order valence-electron chi connectivity index (χ3n) is 6.95. The highest BCUT2D eigenvalue weighted by Gasteiger charge is 2.45. The molecule has 1 aliphatic heterocycles. The van der Waals surface area contributed by atoms with Gasteiger partial charge in [0.1, 0.15) is 27.3 Å². The molecule has 0 spiro atoms. The zero-order valence-corrected chi connectivity index (χ0v) is 20.8. The van der Waals surface area contributed by atoms with Crippen LogP contribution >= 0.6 is 11.3 Å². The van der Waals surface area contributed by atoms with Crippen molar-refractivity contribution >= 4 is 27.8 Å². The second-order valence-electron chi connectivity index (χ2n) is 9.62. The number of aliphatic hydroxyl groups excluding tert-OH is 1. The number of nitrogens with two attached hydrogens (primary N) is 2. The Labute approximate surface area is 218 Å². The van der Waals surface area contributed by atoms with Gasteiger partial charge < -0.3 is 21.5 Å². The summed E-state index contributed by atoms with van der Waals surface area (Å²) in [6.07, 6.45) is -3.75. The number of benzene rings is 1. The minimum atomic E-state index is -4.45. The number of anilines is 2. The standard InChI is InChI=1S/C25H24F5N5O2S/c26-15-2-1-3-16(27)19(15)24-34-21(23(32)38-24)18(37)6-11-8-33-20-14(4-5-17(20)36)22(11)35-9-12(25(28,29)30)7-13(31)10-35/h1-3,8,12-13,17,36H,4-7,9-10,31-32H2/t12-,13+,17?/m1/s1. The fourth-order valence-electron chi connectivity index (χ4n) is 5.23. The SMILES string of the molecule is Nc1sc(-c2c(F)cccc2F)nc1C(=O)Cc1cnc2c(c1N1C[C@@H](N)C[C@@H](C(F)(F)F)C1)CCC2O. The molecule has 38 heavy (non-hydrogen) atoms. The van der Waals surface area contributed by atoms with Crippen molar-refractivity contribution in [1.29, 1.82) is 0 Å². The third-order valence-corrected chi connectivity index (χ3v) is 7.85. The Balaban J connectivity index is 1.51. The summed E-state index contributed by atoms with van der Waals surface area (Å²) in [5.74, 6) is -3.96. The first-order chi connectivity index (χ1) is 17.9. The summed E-state index contributed by atoms with van der Waals surface area (Å²) in [4.78, 5) is 23.2. The first kappa shape index (κ1) is 26.4. The van der Waals surface area contributed by atoms with Crippen molar-refractivity contribution in [3.8, 4) is 10.6 Å². The number of hydrogen-bond acceptors (Lipinski definition) is 8. The van der Waals surface area contributed by atoms with E-state index in [9.17, 15) is 31.9 Å². The van der Waals surface area contributed by atoms with Crippen LogP contribution in [-0.2, 0) is 12.8 Å². The predicted molar refractivity (Wildman–Crippen MR) is 132 cm³/mol. The molecular formula is C25H24F5N5O2S. The van der Waals surface area contributed by atoms with Crippen molar-refractivity contribution in [3.05, 3.63) is 58.5 Å². The molecule has 5 N–H and O–H groups in total. The maximum absolute atomic E-state index is 14.3. The van der Waals surface area contributed by atoms with Crippen LogP contribution in [0.3, 0.4) is 0 Å². The lowest BCUT2D eigenvalue weighted by Gasteiger charge is -2.40. The highest BCUT2D eigenvalue weighted by Crippen LogP contribution is 2.42. The van der Waals surface area contributed by atoms with Crippen LogP contribution in [0, 0.1) is 17.6 Å². The number of alkyl halides is 3. The maximum Gasteiger partial charge on any atom is 0.393 e. The molecule has 202 valence electrons. The summed E-state index contributed by atoms with van der Waals surface area (Å²) in [5, 5.41) is 10.2. The van der Waals surface area contributed by atoms with Crippen LogP contribution in [0.15, 0.2) is 24.4 Å². The van der Waals surface area contributed by atoms with Crippen LogP contribution in [0.2, 0.25) is 0 Å². The average molecular weight is 554 g/mol. The molecule has 1 aromatic carbocycles. The highest BCUT2D eigenvalue weighted by atomic mass is 32.1. The smallest absolute Gasteiger partial charge is 0.389 e. The topological polar surface area (TPSA) is 118 Å². The number of thiazole rings is 1. The van der Waals surface area contributed by atoms with Gasteiger partial charge in [-0.3, -0.25) is 9.78 Å². The number of nitrogens with zero attached hydrogens (tertiary/aromatic N) is 3. The van der Waals surface area contributed by atoms with Gasteiger partial charge in [0.05, 0.1) is 23.3 Å². The van der Waals surface area contributed by atoms with E-state index < -0.39 is 47.2 Å². The number of nitrogen functional groups attached to an aromatic ring is 1. The van der Waals surface area contributed by atoms with Gasteiger partial charge in [0.2, 0.25) is 0 Å². The van der Waals surface area contributed by atoms with E-state index >= 15 is 0 Å². The van der Waals surface area contributed by atoms with E-state index in [4.69, 9.17) is 11.5 Å². The molecule has 0 saturated carbocycles. The Morgan fingerprint density at radius 1 is 1.21 bits per heavy atom. The molecule has 1 fully saturated rings. The number of carbonyl (C=O) groups is 1. The van der Waals surface area contributed by atoms with E-state index in [1.165, 1.54) is 17.2 Å². The Morgan fingerprint density at radius 2 is 1.92 bits per heavy atom. The van der Waals surface area contributed by atoms with Gasteiger partial charge in [-0.2, -0.15) is 13.2 Å². The second-order valence-corrected chi connectivity index (χ2v) is 10.6. The largest absolute Gasteiger partial charge is 0.393 e. The van der Waals surface area contributed by atoms with Crippen LogP contribution in [0.5, 0.6) is 0 Å². The van der Waals surface area contributed by atoms with Crippen molar-refractivity contribution in [3.63, 3.8) is 0 Å². The molecule has 3 aromatic rings. The Hall–Kier alpha value is -3.16. The predicted octanol–water partition coefficient (Wildman–Crippen LogP) is 4.19. The van der Waals surface area contributed by atoms with E-state index in [0.717, 1.165) is 23.5 Å². The first-order valence-corrected chi connectivity index (χ1v) is 12.8. The van der Waals surface area contributed by atoms with Gasteiger partial charge in [-0.05, 0) is 31.4 Å². The van der Waals surface area contributed by atoms with E-state index in [1.807, 2.05) is 0 Å². The van der Waals surface area contributed by atoms with Crippen LogP contribution in [0.25, 0.3) is 10.6 Å². The highest BCUT2D eigenvalue weighted by molar-refractivity contribution is 7.19. The molecule has 1 aliphatic carbocycles. The number of ketones is 1. The molecule has 5 rings (SSSR count). The molecule has 7 nitrogen and oxygen atoms in total. The number of pyridine rings is 1. The summed E-state index contributed by atoms with van der Waals surface area (Å²) in [6.45, 7) is -0.212. The third kappa shape index (κ3) is 4.85. The Bertz CT molecular complexity index is 1370. The van der Waals surface area contributed by atoms with Crippen molar-refractivity contribution in [2.24, 2.45) is 11.7 Å². The molecule has 3 heterocycles. The quantitative estimate of drug-likeness (QED) is 0.320. The van der Waals surface area contributed by atoms with Crippen LogP contribution < -0.4 is 16.4 Å². The average Bonchev–Trinajstić information content (AvgIpc) is 3.40. The number of Topliss-reactive ketones (excluding diaryl/α,β-unsaturated/α-hetero) is 1. The first-order valence-electron chi connectivity index (χ1n) is 11.9. The number of halogens is 5. The van der Waals surface area contributed by atoms with Gasteiger partial charge in [-0.1, -0.05) is 17.4 Å². The lowest BCUT2D eigenvalue weighted by atomic mass is 9.92. The lowest BCUT2D eigenvalue weighted by molar-refractivity contribution is -0.177. The zero-order valence-electron chi connectivity index (χ0n) is 19.9. The van der Waals surface area contributed by atoms with Gasteiger partial charge in [0.15, 0.2) is 5.78 Å². The summed E-state index contributed by atoms with van der Waals surface area (Å²) in [5.41, 5.74) is 13.1. The van der Waals surface area contributed by atoms with Gasteiger partial charge in [0.25, 0.3) is 0 Å². The number of carbonyl (C=O) groups excluding carboxylic acids is 1. The molecular weight excluding hydrogens is 529 g/mol. The molecule has 3 atom stereocenters. The summed E-state index contributed by atoms with van der Waals surface area (Å²) < 4.78 is 69.5. The molecule has 0 amide bonds. The van der Waals surface area contributed by atoms with Gasteiger partial charge in [-0.15, -0.1) is 0 Å². The molecule has 2 aromatic heterocycles. The molecule has 13 heteroatoms. The Kier molecular flexibility index (Phi) is 6.86. The molecule has 0 bridgehead atoms. The van der Waals surface area contributed by atoms with E-state index in [2.05, 4.69) is 9.97 Å². The van der Waals surface area contributed by atoms with Crippen molar-refractivity contribution in [1.82, 2.24) is 9.97 Å². The number of hydrogen-bond donors (Lipinski definition) is 3. The van der Waals surface area contributed by atoms with Crippen LogP contribution in [-0.4, -0.2) is 46.2 Å². The number of aliphatic hydroxyl groups is 1. The number of piperidine rings is 1. The van der Waals surface area contributed by atoms with E-state index in [-0.39, 0.29) is 41.6 Å². The van der Waals surface area contributed by atoms with Crippen LogP contribution in [0.1, 0.15) is 46.3 Å². The molecule has 0 radical (unpaired) electrons. The molecule has 1 unspecified atom stereocenters. The number of rotatable bonds is 5. The molecule has 1 saturated heterocycles.